The number of benzene rings is 2. The van der Waals surface area contributed by atoms with Crippen LogP contribution in [0.3, 0.4) is 0 Å². The van der Waals surface area contributed by atoms with E-state index in [1.807, 2.05) is 0 Å². The van der Waals surface area contributed by atoms with Gasteiger partial charge in [0.1, 0.15) is 5.82 Å². The van der Waals surface area contributed by atoms with E-state index in [0.29, 0.717) is 13.1 Å². The first kappa shape index (κ1) is 15.7. The van der Waals surface area contributed by atoms with Crippen molar-refractivity contribution in [2.24, 2.45) is 0 Å². The molecule has 1 unspecified atom stereocenters. The van der Waals surface area contributed by atoms with E-state index in [1.54, 1.807) is 19.1 Å². The van der Waals surface area contributed by atoms with Gasteiger partial charge in [-0.1, -0.05) is 42.0 Å². The van der Waals surface area contributed by atoms with Gasteiger partial charge in [-0.3, -0.25) is 4.90 Å². The Labute approximate surface area is 125 Å². The van der Waals surface area contributed by atoms with Crippen LogP contribution in [0.2, 0.25) is 0 Å². The van der Waals surface area contributed by atoms with Crippen molar-refractivity contribution in [2.45, 2.75) is 33.0 Å². The predicted molar refractivity (Wildman–Crippen MR) is 83.4 cm³/mol. The van der Waals surface area contributed by atoms with E-state index >= 15 is 0 Å². The van der Waals surface area contributed by atoms with Crippen molar-refractivity contribution >= 4 is 0 Å². The Morgan fingerprint density at radius 3 is 1.90 bits per heavy atom. The van der Waals surface area contributed by atoms with Crippen molar-refractivity contribution in [2.75, 3.05) is 6.54 Å². The van der Waals surface area contributed by atoms with E-state index in [0.717, 1.165) is 12.1 Å². The Morgan fingerprint density at radius 1 is 0.952 bits per heavy atom. The van der Waals surface area contributed by atoms with Crippen molar-refractivity contribution < 1.29 is 9.50 Å². The molecule has 2 rings (SSSR count). The van der Waals surface area contributed by atoms with E-state index in [1.165, 1.54) is 23.3 Å². The lowest BCUT2D eigenvalue weighted by Gasteiger charge is -2.24. The molecule has 3 heteroatoms. The van der Waals surface area contributed by atoms with Gasteiger partial charge in [-0.15, -0.1) is 0 Å². The van der Waals surface area contributed by atoms with Crippen LogP contribution in [0.15, 0.2) is 48.5 Å². The SMILES string of the molecule is Cc1ccc(CN(Cc2ccc(F)cc2)CC(C)O)cc1. The van der Waals surface area contributed by atoms with Crippen LogP contribution in [0.1, 0.15) is 23.6 Å². The highest BCUT2D eigenvalue weighted by molar-refractivity contribution is 5.22. The minimum Gasteiger partial charge on any atom is -0.392 e. The van der Waals surface area contributed by atoms with E-state index in [9.17, 15) is 9.50 Å². The van der Waals surface area contributed by atoms with Gasteiger partial charge in [0.15, 0.2) is 0 Å². The summed E-state index contributed by atoms with van der Waals surface area (Å²) in [7, 11) is 0. The fourth-order valence-electron chi connectivity index (χ4n) is 2.36. The van der Waals surface area contributed by atoms with Gasteiger partial charge >= 0.3 is 0 Å². The summed E-state index contributed by atoms with van der Waals surface area (Å²) >= 11 is 0. The summed E-state index contributed by atoms with van der Waals surface area (Å²) in [5.41, 5.74) is 3.49. The number of aliphatic hydroxyl groups is 1. The summed E-state index contributed by atoms with van der Waals surface area (Å²) in [6, 6.07) is 14.9. The highest BCUT2D eigenvalue weighted by atomic mass is 19.1. The third-order valence-electron chi connectivity index (χ3n) is 3.37. The summed E-state index contributed by atoms with van der Waals surface area (Å²) in [4.78, 5) is 2.17. The largest absolute Gasteiger partial charge is 0.392 e. The quantitative estimate of drug-likeness (QED) is 0.878. The van der Waals surface area contributed by atoms with E-state index in [-0.39, 0.29) is 5.82 Å². The first-order chi connectivity index (χ1) is 10.0. The smallest absolute Gasteiger partial charge is 0.123 e. The molecule has 1 atom stereocenters. The molecule has 0 aliphatic heterocycles. The van der Waals surface area contributed by atoms with Gasteiger partial charge in [0, 0.05) is 19.6 Å². The number of hydrogen-bond acceptors (Lipinski definition) is 2. The summed E-state index contributed by atoms with van der Waals surface area (Å²) in [5, 5.41) is 9.67. The molecule has 21 heavy (non-hydrogen) atoms. The van der Waals surface area contributed by atoms with Gasteiger partial charge in [0.25, 0.3) is 0 Å². The second kappa shape index (κ2) is 7.34. The molecule has 0 bridgehead atoms. The number of nitrogens with zero attached hydrogens (tertiary/aromatic N) is 1. The van der Waals surface area contributed by atoms with Crippen molar-refractivity contribution in [3.8, 4) is 0 Å². The molecule has 0 fully saturated rings. The number of aryl methyl sites for hydroxylation is 1. The molecule has 0 saturated heterocycles. The fourth-order valence-corrected chi connectivity index (χ4v) is 2.36. The molecular weight excluding hydrogens is 265 g/mol. The number of halogens is 1. The van der Waals surface area contributed by atoms with Gasteiger partial charge in [0.2, 0.25) is 0 Å². The monoisotopic (exact) mass is 287 g/mol. The maximum Gasteiger partial charge on any atom is 0.123 e. The lowest BCUT2D eigenvalue weighted by molar-refractivity contribution is 0.118. The Bertz CT molecular complexity index is 501. The van der Waals surface area contributed by atoms with Gasteiger partial charge in [-0.2, -0.15) is 0 Å². The third-order valence-corrected chi connectivity index (χ3v) is 3.37. The second-order valence-electron chi connectivity index (χ2n) is 5.63. The first-order valence-corrected chi connectivity index (χ1v) is 7.23. The maximum absolute atomic E-state index is 13.0. The summed E-state index contributed by atoms with van der Waals surface area (Å²) < 4.78 is 13.0. The van der Waals surface area contributed by atoms with Crippen LogP contribution in [-0.4, -0.2) is 22.7 Å². The van der Waals surface area contributed by atoms with Crippen LogP contribution in [-0.2, 0) is 13.1 Å². The van der Waals surface area contributed by atoms with Crippen LogP contribution in [0.4, 0.5) is 4.39 Å². The molecule has 0 heterocycles. The molecule has 2 aromatic rings. The average molecular weight is 287 g/mol. The molecule has 0 amide bonds. The Balaban J connectivity index is 2.06. The van der Waals surface area contributed by atoms with Crippen molar-refractivity contribution in [3.63, 3.8) is 0 Å². The molecule has 2 nitrogen and oxygen atoms in total. The summed E-state index contributed by atoms with van der Waals surface area (Å²) in [6.07, 6.45) is -0.393. The van der Waals surface area contributed by atoms with Crippen LogP contribution in [0.25, 0.3) is 0 Å². The first-order valence-electron chi connectivity index (χ1n) is 7.23. The molecular formula is C18H22FNO. The van der Waals surface area contributed by atoms with Crippen LogP contribution < -0.4 is 0 Å². The summed E-state index contributed by atoms with van der Waals surface area (Å²) in [5.74, 6) is -0.223. The molecule has 0 aromatic heterocycles. The van der Waals surface area contributed by atoms with Gasteiger partial charge in [-0.25, -0.2) is 4.39 Å². The molecule has 2 aromatic carbocycles. The molecule has 112 valence electrons. The van der Waals surface area contributed by atoms with Crippen molar-refractivity contribution in [1.29, 1.82) is 0 Å². The Hall–Kier alpha value is -1.71. The number of aliphatic hydroxyl groups excluding tert-OH is 1. The summed E-state index contributed by atoms with van der Waals surface area (Å²) in [6.45, 7) is 5.90. The third kappa shape index (κ3) is 5.29. The Morgan fingerprint density at radius 2 is 1.43 bits per heavy atom. The maximum atomic E-state index is 13.0. The number of hydrogen-bond donors (Lipinski definition) is 1. The molecule has 0 aliphatic carbocycles. The lowest BCUT2D eigenvalue weighted by Crippen LogP contribution is -2.30. The Kier molecular flexibility index (Phi) is 5.48. The zero-order valence-corrected chi connectivity index (χ0v) is 12.6. The van der Waals surface area contributed by atoms with Gasteiger partial charge < -0.3 is 5.11 Å². The van der Waals surface area contributed by atoms with Crippen LogP contribution in [0.5, 0.6) is 0 Å². The zero-order chi connectivity index (χ0) is 15.2. The van der Waals surface area contributed by atoms with Gasteiger partial charge in [0.05, 0.1) is 6.10 Å². The fraction of sp³-hybridized carbons (Fsp3) is 0.333. The average Bonchev–Trinajstić information content (AvgIpc) is 2.43. The normalized spacial score (nSPS) is 12.6. The van der Waals surface area contributed by atoms with E-state index < -0.39 is 6.10 Å². The van der Waals surface area contributed by atoms with Gasteiger partial charge in [-0.05, 0) is 37.1 Å². The zero-order valence-electron chi connectivity index (χ0n) is 12.6. The second-order valence-corrected chi connectivity index (χ2v) is 5.63. The minimum atomic E-state index is -0.393. The molecule has 0 radical (unpaired) electrons. The minimum absolute atomic E-state index is 0.223. The van der Waals surface area contributed by atoms with Crippen molar-refractivity contribution in [1.82, 2.24) is 4.90 Å². The van der Waals surface area contributed by atoms with E-state index in [4.69, 9.17) is 0 Å². The topological polar surface area (TPSA) is 23.5 Å². The molecule has 0 saturated carbocycles. The highest BCUT2D eigenvalue weighted by Crippen LogP contribution is 2.12. The standard InChI is InChI=1S/C18H22FNO/c1-14-3-5-16(6-4-14)12-20(11-15(2)21)13-17-7-9-18(19)10-8-17/h3-10,15,21H,11-13H2,1-2H3. The van der Waals surface area contributed by atoms with Crippen LogP contribution in [0, 0.1) is 12.7 Å². The molecule has 0 spiro atoms. The van der Waals surface area contributed by atoms with Crippen molar-refractivity contribution in [3.05, 3.63) is 71.0 Å². The van der Waals surface area contributed by atoms with E-state index in [2.05, 4.69) is 36.1 Å². The predicted octanol–water partition coefficient (Wildman–Crippen LogP) is 3.52. The highest BCUT2D eigenvalue weighted by Gasteiger charge is 2.10. The van der Waals surface area contributed by atoms with Crippen LogP contribution >= 0.6 is 0 Å². The molecule has 1 N–H and O–H groups in total. The number of rotatable bonds is 6. The molecule has 0 aliphatic rings. The lowest BCUT2D eigenvalue weighted by atomic mass is 10.1.